The fourth-order valence-electron chi connectivity index (χ4n) is 4.05. The molecule has 25 heavy (non-hydrogen) atoms. The Morgan fingerprint density at radius 2 is 2.04 bits per heavy atom. The fourth-order valence-corrected chi connectivity index (χ4v) is 4.05. The molecule has 1 aliphatic carbocycles. The zero-order valence-electron chi connectivity index (χ0n) is 14.3. The van der Waals surface area contributed by atoms with Crippen molar-refractivity contribution >= 4 is 18.3 Å². The van der Waals surface area contributed by atoms with Gasteiger partial charge in [0.1, 0.15) is 5.75 Å². The van der Waals surface area contributed by atoms with Gasteiger partial charge in [-0.3, -0.25) is 4.79 Å². The topological polar surface area (TPSA) is 50.4 Å². The number of fused-ring (bicyclic) bond motifs is 1. The molecular weight excluding hydrogens is 350 g/mol. The minimum atomic E-state index is -2.83. The summed E-state index contributed by atoms with van der Waals surface area (Å²) in [6.45, 7) is 0.751. The van der Waals surface area contributed by atoms with Crippen LogP contribution in [0.1, 0.15) is 44.2 Å². The molecule has 0 bridgehead atoms. The van der Waals surface area contributed by atoms with Crippen LogP contribution in [-0.4, -0.2) is 25.6 Å². The first-order chi connectivity index (χ1) is 11.5. The summed E-state index contributed by atoms with van der Waals surface area (Å²) in [7, 11) is 0. The van der Waals surface area contributed by atoms with E-state index >= 15 is 0 Å². The smallest absolute Gasteiger partial charge is 0.387 e. The lowest BCUT2D eigenvalue weighted by atomic mass is 9.67. The summed E-state index contributed by atoms with van der Waals surface area (Å²) >= 11 is 0. The van der Waals surface area contributed by atoms with Crippen LogP contribution in [0.15, 0.2) is 24.3 Å². The third-order valence-corrected chi connectivity index (χ3v) is 5.44. The van der Waals surface area contributed by atoms with E-state index in [9.17, 15) is 13.6 Å². The minimum Gasteiger partial charge on any atom is -0.435 e. The van der Waals surface area contributed by atoms with Crippen LogP contribution >= 0.6 is 12.4 Å². The lowest BCUT2D eigenvalue weighted by molar-refractivity contribution is -0.134. The van der Waals surface area contributed by atoms with Gasteiger partial charge in [-0.2, -0.15) is 8.78 Å². The number of ether oxygens (including phenoxy) is 1. The van der Waals surface area contributed by atoms with Crippen molar-refractivity contribution in [2.75, 3.05) is 13.1 Å². The number of carbonyl (C=O) groups is 1. The van der Waals surface area contributed by atoms with E-state index in [1.165, 1.54) is 18.6 Å². The summed E-state index contributed by atoms with van der Waals surface area (Å²) in [6.07, 6.45) is 4.33. The van der Waals surface area contributed by atoms with Crippen molar-refractivity contribution in [1.82, 2.24) is 10.6 Å². The second kappa shape index (κ2) is 8.32. The average Bonchev–Trinajstić information content (AvgIpc) is 3.00. The van der Waals surface area contributed by atoms with Crippen LogP contribution in [0.4, 0.5) is 8.78 Å². The Bertz CT molecular complexity index is 585. The molecule has 1 aromatic carbocycles. The molecule has 140 valence electrons. The zero-order valence-corrected chi connectivity index (χ0v) is 15.1. The number of hydrogen-bond donors (Lipinski definition) is 2. The van der Waals surface area contributed by atoms with Crippen LogP contribution in [0.5, 0.6) is 5.75 Å². The van der Waals surface area contributed by atoms with Crippen LogP contribution in [0.2, 0.25) is 0 Å². The number of nitrogens with one attached hydrogen (secondary N) is 2. The van der Waals surface area contributed by atoms with Gasteiger partial charge in [0.05, 0.1) is 11.5 Å². The molecule has 2 N–H and O–H groups in total. The van der Waals surface area contributed by atoms with Crippen molar-refractivity contribution in [3.05, 3.63) is 29.8 Å². The van der Waals surface area contributed by atoms with Gasteiger partial charge in [-0.05, 0) is 49.9 Å². The molecule has 1 unspecified atom stereocenters. The maximum Gasteiger partial charge on any atom is 0.387 e. The van der Waals surface area contributed by atoms with Gasteiger partial charge < -0.3 is 15.4 Å². The molecule has 1 saturated heterocycles. The molecule has 0 spiro atoms. The van der Waals surface area contributed by atoms with Gasteiger partial charge in [0, 0.05) is 6.54 Å². The SMILES string of the molecule is CC(NC(=O)[C@@]12CCCC[C@H]1CNC2)c1ccc(OC(F)F)cc1.Cl. The molecule has 1 saturated carbocycles. The number of rotatable bonds is 5. The molecule has 4 nitrogen and oxygen atoms in total. The molecule has 1 aromatic rings. The maximum absolute atomic E-state index is 12.9. The predicted octanol–water partition coefficient (Wildman–Crippen LogP) is 3.67. The van der Waals surface area contributed by atoms with Crippen LogP contribution in [0, 0.1) is 11.3 Å². The lowest BCUT2D eigenvalue weighted by Gasteiger charge is -2.38. The van der Waals surface area contributed by atoms with E-state index < -0.39 is 6.61 Å². The van der Waals surface area contributed by atoms with Crippen molar-refractivity contribution < 1.29 is 18.3 Å². The molecule has 3 rings (SSSR count). The Labute approximate surface area is 153 Å². The molecule has 7 heteroatoms. The summed E-state index contributed by atoms with van der Waals surface area (Å²) in [5.74, 6) is 0.649. The molecule has 2 aliphatic rings. The van der Waals surface area contributed by atoms with E-state index in [0.717, 1.165) is 37.9 Å². The van der Waals surface area contributed by atoms with Crippen LogP contribution in [0.3, 0.4) is 0 Å². The lowest BCUT2D eigenvalue weighted by Crippen LogP contribution is -2.48. The predicted molar refractivity (Wildman–Crippen MR) is 94.1 cm³/mol. The summed E-state index contributed by atoms with van der Waals surface area (Å²) in [4.78, 5) is 12.9. The third kappa shape index (κ3) is 4.23. The molecule has 1 aliphatic heterocycles. The average molecular weight is 375 g/mol. The van der Waals surface area contributed by atoms with E-state index in [-0.39, 0.29) is 35.5 Å². The number of benzene rings is 1. The molecule has 0 aromatic heterocycles. The molecule has 1 amide bonds. The summed E-state index contributed by atoms with van der Waals surface area (Å²) in [6, 6.07) is 6.26. The highest BCUT2D eigenvalue weighted by Gasteiger charge is 2.49. The third-order valence-electron chi connectivity index (χ3n) is 5.44. The molecule has 1 heterocycles. The van der Waals surface area contributed by atoms with Crippen molar-refractivity contribution in [3.63, 3.8) is 0 Å². The van der Waals surface area contributed by atoms with Gasteiger partial charge in [-0.1, -0.05) is 25.0 Å². The number of carbonyl (C=O) groups excluding carboxylic acids is 1. The van der Waals surface area contributed by atoms with Crippen molar-refractivity contribution in [3.8, 4) is 5.75 Å². The minimum absolute atomic E-state index is 0. The standard InChI is InChI=1S/C18H24F2N2O2.ClH/c1-12(13-5-7-15(8-6-13)24-17(19)20)22-16(23)18-9-3-2-4-14(18)10-21-11-18;/h5-8,12,14,17,21H,2-4,9-11H2,1H3,(H,22,23);1H/t12?,14-,18+;/m0./s1. The highest BCUT2D eigenvalue weighted by atomic mass is 35.5. The number of halogens is 3. The van der Waals surface area contributed by atoms with Crippen molar-refractivity contribution in [2.45, 2.75) is 45.3 Å². The Balaban J connectivity index is 0.00000225. The van der Waals surface area contributed by atoms with Crippen molar-refractivity contribution in [1.29, 1.82) is 0 Å². The first-order valence-electron chi connectivity index (χ1n) is 8.58. The Kier molecular flexibility index (Phi) is 6.63. The van der Waals surface area contributed by atoms with Gasteiger partial charge in [-0.15, -0.1) is 12.4 Å². The molecule has 3 atom stereocenters. The van der Waals surface area contributed by atoms with Gasteiger partial charge in [0.2, 0.25) is 5.91 Å². The van der Waals surface area contributed by atoms with Crippen molar-refractivity contribution in [2.24, 2.45) is 11.3 Å². The molecule has 0 radical (unpaired) electrons. The maximum atomic E-state index is 12.9. The molecular formula is C18H25ClF2N2O2. The summed E-state index contributed by atoms with van der Waals surface area (Å²) < 4.78 is 28.7. The first-order valence-corrected chi connectivity index (χ1v) is 8.58. The van der Waals surface area contributed by atoms with E-state index in [1.54, 1.807) is 12.1 Å². The van der Waals surface area contributed by atoms with Crippen LogP contribution < -0.4 is 15.4 Å². The van der Waals surface area contributed by atoms with Gasteiger partial charge in [-0.25, -0.2) is 0 Å². The van der Waals surface area contributed by atoms with E-state index in [2.05, 4.69) is 15.4 Å². The summed E-state index contributed by atoms with van der Waals surface area (Å²) in [5, 5.41) is 6.50. The zero-order chi connectivity index (χ0) is 17.2. The van der Waals surface area contributed by atoms with Gasteiger partial charge >= 0.3 is 6.61 Å². The highest BCUT2D eigenvalue weighted by Crippen LogP contribution is 2.44. The second-order valence-corrected chi connectivity index (χ2v) is 6.87. The highest BCUT2D eigenvalue weighted by molar-refractivity contribution is 5.85. The number of hydrogen-bond acceptors (Lipinski definition) is 3. The Morgan fingerprint density at radius 1 is 1.32 bits per heavy atom. The van der Waals surface area contributed by atoms with Crippen LogP contribution in [0.25, 0.3) is 0 Å². The normalized spacial score (nSPS) is 26.5. The number of amides is 1. The Morgan fingerprint density at radius 3 is 2.72 bits per heavy atom. The molecule has 2 fully saturated rings. The van der Waals surface area contributed by atoms with Crippen LogP contribution in [-0.2, 0) is 4.79 Å². The van der Waals surface area contributed by atoms with E-state index in [0.29, 0.717) is 5.92 Å². The monoisotopic (exact) mass is 374 g/mol. The van der Waals surface area contributed by atoms with Gasteiger partial charge in [0.25, 0.3) is 0 Å². The Hall–Kier alpha value is -1.40. The summed E-state index contributed by atoms with van der Waals surface area (Å²) in [5.41, 5.74) is 0.588. The first kappa shape index (κ1) is 19.9. The second-order valence-electron chi connectivity index (χ2n) is 6.87. The van der Waals surface area contributed by atoms with E-state index in [4.69, 9.17) is 0 Å². The van der Waals surface area contributed by atoms with Gasteiger partial charge in [0.15, 0.2) is 0 Å². The quantitative estimate of drug-likeness (QED) is 0.826. The number of alkyl halides is 2. The van der Waals surface area contributed by atoms with E-state index in [1.807, 2.05) is 6.92 Å². The largest absolute Gasteiger partial charge is 0.435 e. The fraction of sp³-hybridized carbons (Fsp3) is 0.611.